The van der Waals surface area contributed by atoms with Gasteiger partial charge in [-0.15, -0.1) is 0 Å². The Labute approximate surface area is 61.0 Å². The average molecular weight is 143 g/mol. The van der Waals surface area contributed by atoms with E-state index in [1.807, 2.05) is 6.92 Å². The number of nitrogens with zero attached hydrogens (tertiary/aromatic N) is 1. The molecule has 0 bridgehead atoms. The first-order chi connectivity index (χ1) is 4.74. The Morgan fingerprint density at radius 3 is 2.70 bits per heavy atom. The van der Waals surface area contributed by atoms with Gasteiger partial charge >= 0.3 is 6.09 Å². The van der Waals surface area contributed by atoms with Crippen LogP contribution in [0, 0.1) is 0 Å². The minimum absolute atomic E-state index is 0.190. The van der Waals surface area contributed by atoms with Gasteiger partial charge in [-0.1, -0.05) is 0 Å². The number of hydrogen-bond donors (Lipinski definition) is 0. The van der Waals surface area contributed by atoms with Crippen LogP contribution in [0.5, 0.6) is 0 Å². The van der Waals surface area contributed by atoms with Crippen LogP contribution in [0.15, 0.2) is 0 Å². The number of rotatable bonds is 2. The molecular formula is C7H13NO2. The van der Waals surface area contributed by atoms with Crippen LogP contribution in [-0.2, 0) is 4.74 Å². The second-order valence-corrected chi connectivity index (χ2v) is 2.60. The fourth-order valence-corrected chi connectivity index (χ4v) is 0.548. The Morgan fingerprint density at radius 1 is 1.70 bits per heavy atom. The molecule has 0 spiro atoms. The summed E-state index contributed by atoms with van der Waals surface area (Å²) in [6, 6.07) is 0. The number of carbonyl (C=O) groups excluding carboxylic acids is 1. The van der Waals surface area contributed by atoms with Crippen molar-refractivity contribution in [2.45, 2.75) is 25.9 Å². The summed E-state index contributed by atoms with van der Waals surface area (Å²) in [7, 11) is 1.74. The summed E-state index contributed by atoms with van der Waals surface area (Å²) in [5, 5.41) is 0. The fourth-order valence-electron chi connectivity index (χ4n) is 0.548. The number of ether oxygens (including phenoxy) is 1. The van der Waals surface area contributed by atoms with Crippen LogP contribution in [0.1, 0.15) is 19.8 Å². The van der Waals surface area contributed by atoms with Crippen molar-refractivity contribution in [1.29, 1.82) is 0 Å². The molecule has 1 rings (SSSR count). The van der Waals surface area contributed by atoms with Crippen molar-refractivity contribution in [3.05, 3.63) is 0 Å². The molecule has 0 aliphatic heterocycles. The van der Waals surface area contributed by atoms with Crippen molar-refractivity contribution >= 4 is 6.09 Å². The van der Waals surface area contributed by atoms with Gasteiger partial charge in [0.25, 0.3) is 0 Å². The molecule has 1 saturated carbocycles. The Balaban J connectivity index is 2.18. The van der Waals surface area contributed by atoms with E-state index < -0.39 is 0 Å². The number of hydrogen-bond acceptors (Lipinski definition) is 2. The average Bonchev–Trinajstić information content (AvgIpc) is 2.70. The molecule has 0 aromatic rings. The second kappa shape index (κ2) is 2.90. The molecule has 1 fully saturated rings. The molecule has 0 unspecified atom stereocenters. The highest BCUT2D eigenvalue weighted by molar-refractivity contribution is 5.67. The van der Waals surface area contributed by atoms with Gasteiger partial charge in [-0.2, -0.15) is 0 Å². The molecule has 10 heavy (non-hydrogen) atoms. The van der Waals surface area contributed by atoms with Crippen molar-refractivity contribution in [3.63, 3.8) is 0 Å². The van der Waals surface area contributed by atoms with Gasteiger partial charge in [-0.3, -0.25) is 0 Å². The van der Waals surface area contributed by atoms with Gasteiger partial charge in [0.05, 0.1) is 0 Å². The SMILES string of the molecule is CCN(C)C(=O)OC1CC1. The molecule has 0 radical (unpaired) electrons. The highest BCUT2D eigenvalue weighted by atomic mass is 16.6. The third-order valence-corrected chi connectivity index (χ3v) is 1.58. The van der Waals surface area contributed by atoms with Crippen LogP contribution >= 0.6 is 0 Å². The summed E-state index contributed by atoms with van der Waals surface area (Å²) in [6.45, 7) is 2.64. The summed E-state index contributed by atoms with van der Waals surface area (Å²) in [6.07, 6.45) is 2.12. The first-order valence-electron chi connectivity index (χ1n) is 3.65. The maximum atomic E-state index is 10.9. The van der Waals surface area contributed by atoms with Crippen molar-refractivity contribution in [2.75, 3.05) is 13.6 Å². The Morgan fingerprint density at radius 2 is 2.30 bits per heavy atom. The van der Waals surface area contributed by atoms with Crippen LogP contribution in [-0.4, -0.2) is 30.7 Å². The zero-order valence-electron chi connectivity index (χ0n) is 6.46. The van der Waals surface area contributed by atoms with Gasteiger partial charge in [-0.25, -0.2) is 4.79 Å². The Bertz CT molecular complexity index is 132. The van der Waals surface area contributed by atoms with Crippen LogP contribution in [0.25, 0.3) is 0 Å². The summed E-state index contributed by atoms with van der Waals surface area (Å²) >= 11 is 0. The maximum Gasteiger partial charge on any atom is 0.409 e. The zero-order chi connectivity index (χ0) is 7.56. The second-order valence-electron chi connectivity index (χ2n) is 2.60. The number of carbonyl (C=O) groups is 1. The van der Waals surface area contributed by atoms with E-state index in [1.165, 1.54) is 0 Å². The smallest absolute Gasteiger partial charge is 0.409 e. The monoisotopic (exact) mass is 143 g/mol. The number of amides is 1. The standard InChI is InChI=1S/C7H13NO2/c1-3-8(2)7(9)10-6-4-5-6/h6H,3-5H2,1-2H3. The third kappa shape index (κ3) is 1.90. The fraction of sp³-hybridized carbons (Fsp3) is 0.857. The van der Waals surface area contributed by atoms with Crippen LogP contribution in [0.4, 0.5) is 4.79 Å². The van der Waals surface area contributed by atoms with Gasteiger partial charge in [0.2, 0.25) is 0 Å². The normalized spacial score (nSPS) is 16.6. The van der Waals surface area contributed by atoms with E-state index >= 15 is 0 Å². The first-order valence-corrected chi connectivity index (χ1v) is 3.65. The van der Waals surface area contributed by atoms with Crippen molar-refractivity contribution in [2.24, 2.45) is 0 Å². The van der Waals surface area contributed by atoms with Gasteiger partial charge in [0, 0.05) is 13.6 Å². The van der Waals surface area contributed by atoms with E-state index in [1.54, 1.807) is 11.9 Å². The maximum absolute atomic E-state index is 10.9. The molecule has 0 aromatic heterocycles. The predicted molar refractivity (Wildman–Crippen MR) is 37.8 cm³/mol. The highest BCUT2D eigenvalue weighted by Gasteiger charge is 2.26. The van der Waals surface area contributed by atoms with E-state index in [-0.39, 0.29) is 12.2 Å². The molecular weight excluding hydrogens is 130 g/mol. The lowest BCUT2D eigenvalue weighted by atomic mass is 10.7. The topological polar surface area (TPSA) is 29.5 Å². The molecule has 58 valence electrons. The lowest BCUT2D eigenvalue weighted by molar-refractivity contribution is 0.106. The van der Waals surface area contributed by atoms with Crippen LogP contribution < -0.4 is 0 Å². The van der Waals surface area contributed by atoms with E-state index in [0.717, 1.165) is 12.8 Å². The first kappa shape index (κ1) is 7.38. The molecule has 1 amide bonds. The molecule has 0 saturated heterocycles. The lowest BCUT2D eigenvalue weighted by Gasteiger charge is -2.13. The Hall–Kier alpha value is -0.730. The van der Waals surface area contributed by atoms with Gasteiger partial charge in [0.15, 0.2) is 0 Å². The molecule has 0 N–H and O–H groups in total. The molecule has 0 heterocycles. The zero-order valence-corrected chi connectivity index (χ0v) is 6.46. The lowest BCUT2D eigenvalue weighted by Crippen LogP contribution is -2.27. The van der Waals surface area contributed by atoms with Crippen molar-refractivity contribution < 1.29 is 9.53 Å². The molecule has 1 aliphatic rings. The third-order valence-electron chi connectivity index (χ3n) is 1.58. The van der Waals surface area contributed by atoms with Crippen LogP contribution in [0.2, 0.25) is 0 Å². The molecule has 3 nitrogen and oxygen atoms in total. The van der Waals surface area contributed by atoms with E-state index in [4.69, 9.17) is 4.74 Å². The Kier molecular flexibility index (Phi) is 2.14. The summed E-state index contributed by atoms with van der Waals surface area (Å²) in [5.74, 6) is 0. The van der Waals surface area contributed by atoms with Gasteiger partial charge in [0.1, 0.15) is 6.10 Å². The van der Waals surface area contributed by atoms with Crippen molar-refractivity contribution in [1.82, 2.24) is 4.90 Å². The summed E-state index contributed by atoms with van der Waals surface area (Å²) in [4.78, 5) is 12.5. The van der Waals surface area contributed by atoms with Gasteiger partial charge in [-0.05, 0) is 19.8 Å². The van der Waals surface area contributed by atoms with Crippen LogP contribution in [0.3, 0.4) is 0 Å². The summed E-state index contributed by atoms with van der Waals surface area (Å²) < 4.78 is 5.00. The largest absolute Gasteiger partial charge is 0.446 e. The molecule has 1 aliphatic carbocycles. The van der Waals surface area contributed by atoms with E-state index in [2.05, 4.69) is 0 Å². The van der Waals surface area contributed by atoms with Crippen molar-refractivity contribution in [3.8, 4) is 0 Å². The quantitative estimate of drug-likeness (QED) is 0.582. The molecule has 0 aromatic carbocycles. The van der Waals surface area contributed by atoms with Gasteiger partial charge < -0.3 is 9.64 Å². The van der Waals surface area contributed by atoms with E-state index in [0.29, 0.717) is 6.54 Å². The van der Waals surface area contributed by atoms with E-state index in [9.17, 15) is 4.79 Å². The predicted octanol–water partition coefficient (Wildman–Crippen LogP) is 1.24. The molecule has 0 atom stereocenters. The minimum atomic E-state index is -0.190. The molecule has 3 heteroatoms. The minimum Gasteiger partial charge on any atom is -0.446 e. The highest BCUT2D eigenvalue weighted by Crippen LogP contribution is 2.23. The summed E-state index contributed by atoms with van der Waals surface area (Å²) in [5.41, 5.74) is 0.